The van der Waals surface area contributed by atoms with Crippen molar-refractivity contribution in [1.29, 1.82) is 0 Å². The highest BCUT2D eigenvalue weighted by Gasteiger charge is 2.28. The fourth-order valence-corrected chi connectivity index (χ4v) is 2.74. The first kappa shape index (κ1) is 16.8. The van der Waals surface area contributed by atoms with Crippen molar-refractivity contribution in [3.63, 3.8) is 0 Å². The molecule has 2 N–H and O–H groups in total. The minimum atomic E-state index is -0.641. The SMILES string of the molecule is Cc1cc(C)cc(OCC(=O)NNC(=O)[C@H]2Cc3ccccc3O2)c1. The number of hydrazine groups is 1. The van der Waals surface area contributed by atoms with Gasteiger partial charge < -0.3 is 9.47 Å². The zero-order valence-corrected chi connectivity index (χ0v) is 14.2. The van der Waals surface area contributed by atoms with E-state index in [2.05, 4.69) is 10.9 Å². The van der Waals surface area contributed by atoms with Gasteiger partial charge in [0.1, 0.15) is 11.5 Å². The molecule has 6 heteroatoms. The van der Waals surface area contributed by atoms with E-state index < -0.39 is 17.9 Å². The Morgan fingerprint density at radius 1 is 1.12 bits per heavy atom. The van der Waals surface area contributed by atoms with Crippen LogP contribution in [0.25, 0.3) is 0 Å². The predicted molar refractivity (Wildman–Crippen MR) is 92.3 cm³/mol. The van der Waals surface area contributed by atoms with Crippen molar-refractivity contribution in [3.8, 4) is 11.5 Å². The Morgan fingerprint density at radius 2 is 1.84 bits per heavy atom. The minimum absolute atomic E-state index is 0.186. The Bertz CT molecular complexity index is 759. The fraction of sp³-hybridized carbons (Fsp3) is 0.263. The number of carbonyl (C=O) groups excluding carboxylic acids is 2. The van der Waals surface area contributed by atoms with Crippen molar-refractivity contribution in [2.24, 2.45) is 0 Å². The molecule has 0 unspecified atom stereocenters. The van der Waals surface area contributed by atoms with Gasteiger partial charge in [-0.1, -0.05) is 24.3 Å². The molecule has 0 aliphatic carbocycles. The van der Waals surface area contributed by atoms with Crippen LogP contribution < -0.4 is 20.3 Å². The van der Waals surface area contributed by atoms with Crippen LogP contribution in [0, 0.1) is 13.8 Å². The van der Waals surface area contributed by atoms with Crippen molar-refractivity contribution in [2.75, 3.05) is 6.61 Å². The fourth-order valence-electron chi connectivity index (χ4n) is 2.74. The molecule has 2 aromatic carbocycles. The lowest BCUT2D eigenvalue weighted by atomic mass is 10.1. The van der Waals surface area contributed by atoms with Gasteiger partial charge in [-0.3, -0.25) is 20.4 Å². The molecule has 0 radical (unpaired) electrons. The third kappa shape index (κ3) is 4.29. The van der Waals surface area contributed by atoms with Crippen molar-refractivity contribution < 1.29 is 19.1 Å². The highest BCUT2D eigenvalue weighted by molar-refractivity contribution is 5.86. The van der Waals surface area contributed by atoms with Gasteiger partial charge in [0.15, 0.2) is 12.7 Å². The molecule has 0 bridgehead atoms. The van der Waals surface area contributed by atoms with Gasteiger partial charge in [0.2, 0.25) is 0 Å². The summed E-state index contributed by atoms with van der Waals surface area (Å²) in [5.74, 6) is 0.486. The number of amides is 2. The van der Waals surface area contributed by atoms with Gasteiger partial charge in [-0.25, -0.2) is 0 Å². The summed E-state index contributed by atoms with van der Waals surface area (Å²) in [6.45, 7) is 3.73. The Labute approximate surface area is 146 Å². The molecule has 25 heavy (non-hydrogen) atoms. The Morgan fingerprint density at radius 3 is 2.56 bits per heavy atom. The number of nitrogens with one attached hydrogen (secondary N) is 2. The van der Waals surface area contributed by atoms with E-state index in [4.69, 9.17) is 9.47 Å². The molecule has 0 aromatic heterocycles. The standard InChI is InChI=1S/C19H20N2O4/c1-12-7-13(2)9-15(8-12)24-11-18(22)20-21-19(23)17-10-14-5-3-4-6-16(14)25-17/h3-9,17H,10-11H2,1-2H3,(H,20,22)(H,21,23)/t17-/m1/s1. The van der Waals surface area contributed by atoms with Gasteiger partial charge >= 0.3 is 0 Å². The number of ether oxygens (including phenoxy) is 2. The van der Waals surface area contributed by atoms with Crippen LogP contribution >= 0.6 is 0 Å². The van der Waals surface area contributed by atoms with E-state index in [1.807, 2.05) is 56.3 Å². The van der Waals surface area contributed by atoms with E-state index in [1.165, 1.54) is 0 Å². The van der Waals surface area contributed by atoms with Gasteiger partial charge in [-0.2, -0.15) is 0 Å². The zero-order valence-electron chi connectivity index (χ0n) is 14.2. The predicted octanol–water partition coefficient (Wildman–Crippen LogP) is 1.83. The molecule has 2 amide bonds. The lowest BCUT2D eigenvalue weighted by Gasteiger charge is -2.13. The molecule has 1 aliphatic rings. The summed E-state index contributed by atoms with van der Waals surface area (Å²) in [7, 11) is 0. The third-order valence-electron chi connectivity index (χ3n) is 3.83. The maximum atomic E-state index is 12.1. The highest BCUT2D eigenvalue weighted by Crippen LogP contribution is 2.27. The van der Waals surface area contributed by atoms with E-state index in [0.29, 0.717) is 17.9 Å². The minimum Gasteiger partial charge on any atom is -0.484 e. The van der Waals surface area contributed by atoms with E-state index in [1.54, 1.807) is 0 Å². The second-order valence-corrected chi connectivity index (χ2v) is 6.07. The Hall–Kier alpha value is -3.02. The number of aryl methyl sites for hydroxylation is 2. The molecule has 1 heterocycles. The Balaban J connectivity index is 1.44. The molecular formula is C19H20N2O4. The van der Waals surface area contributed by atoms with Crippen LogP contribution in [0.3, 0.4) is 0 Å². The lowest BCUT2D eigenvalue weighted by Crippen LogP contribution is -2.49. The molecule has 0 spiro atoms. The number of carbonyl (C=O) groups is 2. The van der Waals surface area contributed by atoms with Crippen LogP contribution in [-0.2, 0) is 16.0 Å². The second kappa shape index (κ2) is 7.25. The maximum absolute atomic E-state index is 12.1. The van der Waals surface area contributed by atoms with Crippen LogP contribution in [0.15, 0.2) is 42.5 Å². The molecule has 0 saturated carbocycles. The van der Waals surface area contributed by atoms with Gasteiger partial charge in [0.05, 0.1) is 0 Å². The molecule has 0 fully saturated rings. The van der Waals surface area contributed by atoms with Crippen LogP contribution in [0.5, 0.6) is 11.5 Å². The van der Waals surface area contributed by atoms with E-state index in [0.717, 1.165) is 16.7 Å². The molecular weight excluding hydrogens is 320 g/mol. The molecule has 130 valence electrons. The van der Waals surface area contributed by atoms with E-state index in [-0.39, 0.29) is 6.61 Å². The summed E-state index contributed by atoms with van der Waals surface area (Å²) < 4.78 is 11.0. The number of hydrogen-bond donors (Lipinski definition) is 2. The van der Waals surface area contributed by atoms with E-state index >= 15 is 0 Å². The molecule has 6 nitrogen and oxygen atoms in total. The van der Waals surface area contributed by atoms with Crippen molar-refractivity contribution in [1.82, 2.24) is 10.9 Å². The first-order valence-electron chi connectivity index (χ1n) is 8.05. The molecule has 1 aliphatic heterocycles. The number of fused-ring (bicyclic) bond motifs is 1. The smallest absolute Gasteiger partial charge is 0.279 e. The van der Waals surface area contributed by atoms with Crippen LogP contribution in [0.2, 0.25) is 0 Å². The first-order valence-corrected chi connectivity index (χ1v) is 8.05. The van der Waals surface area contributed by atoms with Crippen molar-refractivity contribution >= 4 is 11.8 Å². The maximum Gasteiger partial charge on any atom is 0.279 e. The summed E-state index contributed by atoms with van der Waals surface area (Å²) in [5, 5.41) is 0. The lowest BCUT2D eigenvalue weighted by molar-refractivity contribution is -0.133. The van der Waals surface area contributed by atoms with Gasteiger partial charge in [-0.15, -0.1) is 0 Å². The largest absolute Gasteiger partial charge is 0.484 e. The third-order valence-corrected chi connectivity index (χ3v) is 3.83. The van der Waals surface area contributed by atoms with Gasteiger partial charge in [-0.05, 0) is 48.7 Å². The average molecular weight is 340 g/mol. The number of hydrogen-bond acceptors (Lipinski definition) is 4. The normalized spacial score (nSPS) is 15.0. The van der Waals surface area contributed by atoms with Crippen LogP contribution in [0.4, 0.5) is 0 Å². The molecule has 2 aromatic rings. The quantitative estimate of drug-likeness (QED) is 0.833. The summed E-state index contributed by atoms with van der Waals surface area (Å²) in [5.41, 5.74) is 7.81. The second-order valence-electron chi connectivity index (χ2n) is 6.07. The zero-order chi connectivity index (χ0) is 17.8. The number of benzene rings is 2. The topological polar surface area (TPSA) is 76.7 Å². The summed E-state index contributed by atoms with van der Waals surface area (Å²) in [4.78, 5) is 23.9. The monoisotopic (exact) mass is 340 g/mol. The highest BCUT2D eigenvalue weighted by atomic mass is 16.5. The molecule has 3 rings (SSSR count). The average Bonchev–Trinajstić information content (AvgIpc) is 3.01. The molecule has 1 atom stereocenters. The van der Waals surface area contributed by atoms with Crippen molar-refractivity contribution in [2.45, 2.75) is 26.4 Å². The molecule has 0 saturated heterocycles. The van der Waals surface area contributed by atoms with Crippen LogP contribution in [-0.4, -0.2) is 24.5 Å². The van der Waals surface area contributed by atoms with Crippen molar-refractivity contribution in [3.05, 3.63) is 59.2 Å². The van der Waals surface area contributed by atoms with Gasteiger partial charge in [0, 0.05) is 6.42 Å². The first-order chi connectivity index (χ1) is 12.0. The van der Waals surface area contributed by atoms with Gasteiger partial charge in [0.25, 0.3) is 11.8 Å². The summed E-state index contributed by atoms with van der Waals surface area (Å²) in [6.07, 6.45) is -0.158. The summed E-state index contributed by atoms with van der Waals surface area (Å²) in [6, 6.07) is 13.2. The van der Waals surface area contributed by atoms with E-state index in [9.17, 15) is 9.59 Å². The number of para-hydroxylation sites is 1. The van der Waals surface area contributed by atoms with Crippen LogP contribution in [0.1, 0.15) is 16.7 Å². The summed E-state index contributed by atoms with van der Waals surface area (Å²) >= 11 is 0. The number of rotatable bonds is 4. The Kier molecular flexibility index (Phi) is 4.88.